The van der Waals surface area contributed by atoms with E-state index < -0.39 is 0 Å². The summed E-state index contributed by atoms with van der Waals surface area (Å²) in [7, 11) is 0. The van der Waals surface area contributed by atoms with Crippen molar-refractivity contribution in [2.75, 3.05) is 0 Å². The van der Waals surface area contributed by atoms with Crippen LogP contribution in [0.3, 0.4) is 0 Å². The van der Waals surface area contributed by atoms with Crippen molar-refractivity contribution in [1.29, 1.82) is 0 Å². The van der Waals surface area contributed by atoms with Crippen molar-refractivity contribution < 1.29 is 9.52 Å². The minimum absolute atomic E-state index is 0.0264. The molecule has 22 heavy (non-hydrogen) atoms. The van der Waals surface area contributed by atoms with Gasteiger partial charge >= 0.3 is 0 Å². The summed E-state index contributed by atoms with van der Waals surface area (Å²) in [5, 5.41) is 10.5. The lowest BCUT2D eigenvalue weighted by Gasteiger charge is -2.10. The normalized spacial score (nSPS) is 11.2. The summed E-state index contributed by atoms with van der Waals surface area (Å²) >= 11 is 0. The number of rotatable bonds is 3. The van der Waals surface area contributed by atoms with E-state index >= 15 is 0 Å². The van der Waals surface area contributed by atoms with E-state index in [2.05, 4.69) is 6.58 Å². The van der Waals surface area contributed by atoms with Crippen LogP contribution < -0.4 is 11.2 Å². The summed E-state index contributed by atoms with van der Waals surface area (Å²) < 4.78 is 6.03. The highest BCUT2D eigenvalue weighted by Gasteiger charge is 2.14. The molecule has 0 saturated carbocycles. The highest BCUT2D eigenvalue weighted by atomic mass is 16.3. The van der Waals surface area contributed by atoms with Gasteiger partial charge in [0.1, 0.15) is 11.2 Å². The van der Waals surface area contributed by atoms with Crippen molar-refractivity contribution in [2.45, 2.75) is 19.9 Å². The van der Waals surface area contributed by atoms with Gasteiger partial charge in [-0.2, -0.15) is 0 Å². The molecule has 0 atom stereocenters. The van der Waals surface area contributed by atoms with Crippen molar-refractivity contribution in [1.82, 2.24) is 0 Å². The van der Waals surface area contributed by atoms with Crippen molar-refractivity contribution >= 4 is 21.9 Å². The smallest absolute Gasteiger partial charge is 0.200 e. The lowest BCUT2D eigenvalue weighted by atomic mass is 10.0. The van der Waals surface area contributed by atoms with E-state index in [-0.39, 0.29) is 17.6 Å². The largest absolute Gasteiger partial charge is 0.513 e. The number of aryl methyl sites for hydroxylation is 1. The van der Waals surface area contributed by atoms with Gasteiger partial charge in [-0.25, -0.2) is 0 Å². The molecule has 4 nitrogen and oxygen atoms in total. The van der Waals surface area contributed by atoms with Crippen LogP contribution in [0.15, 0.2) is 51.9 Å². The van der Waals surface area contributed by atoms with E-state index in [1.54, 1.807) is 18.2 Å². The maximum Gasteiger partial charge on any atom is 0.200 e. The lowest BCUT2D eigenvalue weighted by molar-refractivity contribution is 0.401. The van der Waals surface area contributed by atoms with E-state index in [1.807, 2.05) is 19.1 Å². The number of aliphatic hydroxyl groups excluding tert-OH is 1. The minimum atomic E-state index is -0.0867. The fraction of sp³-hybridized carbons (Fsp3) is 0.167. The van der Waals surface area contributed by atoms with Crippen LogP contribution in [-0.4, -0.2) is 5.11 Å². The maximum absolute atomic E-state index is 12.7. The fourth-order valence-electron chi connectivity index (χ4n) is 2.77. The van der Waals surface area contributed by atoms with Crippen LogP contribution in [0.1, 0.15) is 16.7 Å². The summed E-state index contributed by atoms with van der Waals surface area (Å²) in [6.07, 6.45) is 0.246. The van der Waals surface area contributed by atoms with Crippen LogP contribution in [0.2, 0.25) is 0 Å². The van der Waals surface area contributed by atoms with Crippen LogP contribution in [0.25, 0.3) is 21.9 Å². The number of nitrogens with two attached hydrogens (primary N) is 1. The second-order valence-corrected chi connectivity index (χ2v) is 5.41. The van der Waals surface area contributed by atoms with Gasteiger partial charge in [0.2, 0.25) is 5.43 Å². The van der Waals surface area contributed by atoms with Crippen molar-refractivity contribution in [3.05, 3.63) is 69.6 Å². The van der Waals surface area contributed by atoms with Crippen LogP contribution >= 0.6 is 0 Å². The SMILES string of the molecule is C=C(O)Cc1cccc2c(=O)c3ccc(C)c(CN)c3oc12. The summed E-state index contributed by atoms with van der Waals surface area (Å²) in [5.74, 6) is 0.0264. The molecule has 4 heteroatoms. The predicted molar refractivity (Wildman–Crippen MR) is 88.1 cm³/mol. The zero-order chi connectivity index (χ0) is 15.9. The third-order valence-corrected chi connectivity index (χ3v) is 3.88. The number of hydrogen-bond donors (Lipinski definition) is 2. The Balaban J connectivity index is 2.48. The molecule has 0 aliphatic heterocycles. The molecule has 1 heterocycles. The summed E-state index contributed by atoms with van der Waals surface area (Å²) in [6, 6.07) is 8.98. The predicted octanol–water partition coefficient (Wildman–Crippen LogP) is 3.33. The molecule has 1 aromatic heterocycles. The molecule has 0 amide bonds. The molecule has 0 spiro atoms. The molecule has 0 radical (unpaired) electrons. The molecule has 0 aliphatic rings. The van der Waals surface area contributed by atoms with E-state index in [4.69, 9.17) is 10.2 Å². The molecule has 0 bridgehead atoms. The fourth-order valence-corrected chi connectivity index (χ4v) is 2.77. The van der Waals surface area contributed by atoms with Gasteiger partial charge in [0, 0.05) is 24.1 Å². The average molecular weight is 295 g/mol. The third-order valence-electron chi connectivity index (χ3n) is 3.88. The maximum atomic E-state index is 12.7. The second kappa shape index (κ2) is 5.31. The van der Waals surface area contributed by atoms with Gasteiger partial charge in [-0.1, -0.05) is 24.8 Å². The molecule has 2 aromatic carbocycles. The number of allylic oxidation sites excluding steroid dienone is 1. The molecule has 112 valence electrons. The van der Waals surface area contributed by atoms with Crippen LogP contribution in [0, 0.1) is 6.92 Å². The Hall–Kier alpha value is -2.59. The zero-order valence-electron chi connectivity index (χ0n) is 12.3. The van der Waals surface area contributed by atoms with Crippen molar-refractivity contribution in [3.8, 4) is 0 Å². The minimum Gasteiger partial charge on any atom is -0.513 e. The Morgan fingerprint density at radius 1 is 1.23 bits per heavy atom. The van der Waals surface area contributed by atoms with E-state index in [0.29, 0.717) is 28.5 Å². The Labute approximate surface area is 127 Å². The van der Waals surface area contributed by atoms with Crippen molar-refractivity contribution in [3.63, 3.8) is 0 Å². The zero-order valence-corrected chi connectivity index (χ0v) is 12.3. The van der Waals surface area contributed by atoms with Gasteiger partial charge in [0.25, 0.3) is 0 Å². The van der Waals surface area contributed by atoms with Gasteiger partial charge < -0.3 is 15.3 Å². The van der Waals surface area contributed by atoms with Crippen molar-refractivity contribution in [2.24, 2.45) is 5.73 Å². The number of para-hydroxylation sites is 1. The molecular weight excluding hydrogens is 278 g/mol. The van der Waals surface area contributed by atoms with Crippen LogP contribution in [0.4, 0.5) is 0 Å². The quantitative estimate of drug-likeness (QED) is 0.574. The summed E-state index contributed by atoms with van der Waals surface area (Å²) in [4.78, 5) is 12.7. The highest BCUT2D eigenvalue weighted by molar-refractivity contribution is 5.92. The Morgan fingerprint density at radius 3 is 2.64 bits per heavy atom. The van der Waals surface area contributed by atoms with Gasteiger partial charge in [-0.3, -0.25) is 4.79 Å². The van der Waals surface area contributed by atoms with E-state index in [1.165, 1.54) is 0 Å². The first-order valence-electron chi connectivity index (χ1n) is 7.06. The van der Waals surface area contributed by atoms with Gasteiger partial charge in [-0.05, 0) is 24.6 Å². The van der Waals surface area contributed by atoms with Gasteiger partial charge in [-0.15, -0.1) is 0 Å². The number of fused-ring (bicyclic) bond motifs is 2. The topological polar surface area (TPSA) is 76.5 Å². The number of aliphatic hydroxyl groups is 1. The molecule has 0 unspecified atom stereocenters. The molecule has 3 aromatic rings. The lowest BCUT2D eigenvalue weighted by Crippen LogP contribution is -2.08. The highest BCUT2D eigenvalue weighted by Crippen LogP contribution is 2.26. The first kappa shape index (κ1) is 14.4. The summed E-state index contributed by atoms with van der Waals surface area (Å²) in [6.45, 7) is 5.74. The monoisotopic (exact) mass is 295 g/mol. The molecule has 3 rings (SSSR count). The van der Waals surface area contributed by atoms with Crippen LogP contribution in [0.5, 0.6) is 0 Å². The Bertz CT molecular complexity index is 954. The Kier molecular flexibility index (Phi) is 3.47. The first-order valence-corrected chi connectivity index (χ1v) is 7.06. The second-order valence-electron chi connectivity index (χ2n) is 5.41. The molecule has 3 N–H and O–H groups in total. The van der Waals surface area contributed by atoms with E-state index in [9.17, 15) is 9.90 Å². The third kappa shape index (κ3) is 2.18. The Morgan fingerprint density at radius 2 is 1.95 bits per heavy atom. The molecule has 0 fully saturated rings. The molecule has 0 aliphatic carbocycles. The van der Waals surface area contributed by atoms with E-state index in [0.717, 1.165) is 16.7 Å². The van der Waals surface area contributed by atoms with Gasteiger partial charge in [0.05, 0.1) is 16.5 Å². The first-order chi connectivity index (χ1) is 10.5. The summed E-state index contributed by atoms with van der Waals surface area (Å²) in [5.41, 5.74) is 9.28. The molecule has 0 saturated heterocycles. The number of benzene rings is 2. The number of hydrogen-bond acceptors (Lipinski definition) is 4. The standard InChI is InChI=1S/C18H17NO3/c1-10-6-7-14-16(21)13-5-3-4-12(8-11(2)20)17(13)22-18(14)15(10)9-19/h3-7,20H,2,8-9,19H2,1H3. The molecular formula is C18H17NO3. The van der Waals surface area contributed by atoms with Crippen LogP contribution in [-0.2, 0) is 13.0 Å². The van der Waals surface area contributed by atoms with Gasteiger partial charge in [0.15, 0.2) is 0 Å². The average Bonchev–Trinajstić information content (AvgIpc) is 2.48.